The Balaban J connectivity index is 1.69. The van der Waals surface area contributed by atoms with Crippen LogP contribution in [-0.2, 0) is 11.3 Å². The number of alkyl halides is 1. The number of allylic oxidation sites excluding steroid dienone is 2. The predicted octanol–water partition coefficient (Wildman–Crippen LogP) is 4.55. The summed E-state index contributed by atoms with van der Waals surface area (Å²) < 4.78 is 46.5. The number of rotatable bonds is 5. The highest BCUT2D eigenvalue weighted by Gasteiger charge is 2.31. The van der Waals surface area contributed by atoms with Crippen molar-refractivity contribution in [2.24, 2.45) is 0 Å². The van der Waals surface area contributed by atoms with Gasteiger partial charge in [0.25, 0.3) is 0 Å². The van der Waals surface area contributed by atoms with Gasteiger partial charge in [-0.1, -0.05) is 12.1 Å². The van der Waals surface area contributed by atoms with E-state index in [0.29, 0.717) is 17.1 Å². The van der Waals surface area contributed by atoms with Gasteiger partial charge in [0, 0.05) is 6.54 Å². The van der Waals surface area contributed by atoms with Crippen molar-refractivity contribution in [2.45, 2.75) is 12.8 Å². The van der Waals surface area contributed by atoms with Crippen molar-refractivity contribution in [3.05, 3.63) is 83.6 Å². The van der Waals surface area contributed by atoms with Crippen molar-refractivity contribution in [3.8, 4) is 11.5 Å². The Morgan fingerprint density at radius 3 is 2.15 bits per heavy atom. The lowest BCUT2D eigenvalue weighted by atomic mass is 10.1. The number of benzene rings is 2. The Hall–Kier alpha value is -3.22. The van der Waals surface area contributed by atoms with E-state index in [4.69, 9.17) is 9.84 Å². The van der Waals surface area contributed by atoms with Crippen LogP contribution in [0.4, 0.5) is 13.2 Å². The van der Waals surface area contributed by atoms with Crippen molar-refractivity contribution in [1.29, 1.82) is 0 Å². The van der Waals surface area contributed by atoms with E-state index >= 15 is 0 Å². The largest absolute Gasteiger partial charge is 0.478 e. The Kier molecular flexibility index (Phi) is 4.97. The van der Waals surface area contributed by atoms with Crippen molar-refractivity contribution in [2.75, 3.05) is 0 Å². The van der Waals surface area contributed by atoms with Crippen LogP contribution >= 0.6 is 0 Å². The third kappa shape index (κ3) is 3.88. The third-order valence-electron chi connectivity index (χ3n) is 3.78. The minimum atomic E-state index is -2.08. The number of nitrogens with zero attached hydrogens (tertiary/aromatic N) is 1. The molecule has 0 saturated carbocycles. The molecule has 1 heterocycles. The average Bonchev–Trinajstić information content (AvgIpc) is 2.61. The average molecular weight is 361 g/mol. The fourth-order valence-electron chi connectivity index (χ4n) is 2.44. The van der Waals surface area contributed by atoms with Gasteiger partial charge in [-0.05, 0) is 54.1 Å². The molecule has 0 bridgehead atoms. The summed E-state index contributed by atoms with van der Waals surface area (Å²) in [4.78, 5) is 11.7. The van der Waals surface area contributed by atoms with Crippen LogP contribution in [0.15, 0.2) is 72.2 Å². The molecule has 0 aromatic heterocycles. The molecular weight excluding hydrogens is 347 g/mol. The van der Waals surface area contributed by atoms with Crippen molar-refractivity contribution in [3.63, 3.8) is 0 Å². The summed E-state index contributed by atoms with van der Waals surface area (Å²) >= 11 is 0. The van der Waals surface area contributed by atoms with E-state index < -0.39 is 23.8 Å². The second-order valence-electron chi connectivity index (χ2n) is 5.58. The second kappa shape index (κ2) is 7.35. The van der Waals surface area contributed by atoms with Gasteiger partial charge in [-0.3, -0.25) is 0 Å². The van der Waals surface area contributed by atoms with Crippen molar-refractivity contribution >= 4 is 5.97 Å². The van der Waals surface area contributed by atoms with Crippen molar-refractivity contribution in [1.82, 2.24) is 4.90 Å². The molecule has 26 heavy (non-hydrogen) atoms. The number of aliphatic carboxylic acids is 1. The van der Waals surface area contributed by atoms with Crippen LogP contribution in [0.25, 0.3) is 0 Å². The molecule has 0 amide bonds. The lowest BCUT2D eigenvalue weighted by Gasteiger charge is -2.29. The number of carboxylic acid groups (broad SMARTS) is 1. The van der Waals surface area contributed by atoms with Gasteiger partial charge in [-0.15, -0.1) is 0 Å². The zero-order chi connectivity index (χ0) is 18.7. The molecule has 4 nitrogen and oxygen atoms in total. The zero-order valence-electron chi connectivity index (χ0n) is 13.4. The summed E-state index contributed by atoms with van der Waals surface area (Å²) in [7, 11) is 0. The Morgan fingerprint density at radius 2 is 1.58 bits per heavy atom. The summed E-state index contributed by atoms with van der Waals surface area (Å²) in [5, 5.41) is 8.95. The molecule has 0 aliphatic carbocycles. The highest BCUT2D eigenvalue weighted by molar-refractivity contribution is 5.88. The van der Waals surface area contributed by atoms with Gasteiger partial charge >= 0.3 is 5.97 Å². The molecule has 1 aliphatic rings. The minimum Gasteiger partial charge on any atom is -0.478 e. The normalized spacial score (nSPS) is 16.7. The molecule has 0 spiro atoms. The Morgan fingerprint density at radius 1 is 1.00 bits per heavy atom. The SMILES string of the molecule is O=C(O)C1=CC=C(F)N(Cc2ccc(Oc3ccc(F)cc3)cc2)C1F. The third-order valence-corrected chi connectivity index (χ3v) is 3.78. The van der Waals surface area contributed by atoms with Crippen LogP contribution in [0.2, 0.25) is 0 Å². The smallest absolute Gasteiger partial charge is 0.336 e. The molecular formula is C19H14F3NO3. The van der Waals surface area contributed by atoms with E-state index in [2.05, 4.69) is 0 Å². The number of hydrogen-bond donors (Lipinski definition) is 1. The second-order valence-corrected chi connectivity index (χ2v) is 5.58. The monoisotopic (exact) mass is 361 g/mol. The number of halogens is 3. The van der Waals surface area contributed by atoms with E-state index in [9.17, 15) is 18.0 Å². The lowest BCUT2D eigenvalue weighted by Crippen LogP contribution is -2.35. The molecule has 7 heteroatoms. The van der Waals surface area contributed by atoms with Crippen molar-refractivity contribution < 1.29 is 27.8 Å². The summed E-state index contributed by atoms with van der Waals surface area (Å²) in [5.41, 5.74) is 0.0389. The first-order chi connectivity index (χ1) is 12.4. The van der Waals surface area contributed by atoms with Gasteiger partial charge in [0.05, 0.1) is 5.57 Å². The molecule has 0 radical (unpaired) electrons. The lowest BCUT2D eigenvalue weighted by molar-refractivity contribution is -0.134. The van der Waals surface area contributed by atoms with Crippen LogP contribution in [0.1, 0.15) is 5.56 Å². The van der Waals surface area contributed by atoms with E-state index in [1.54, 1.807) is 24.3 Å². The zero-order valence-corrected chi connectivity index (χ0v) is 13.4. The van der Waals surface area contributed by atoms with E-state index in [-0.39, 0.29) is 12.4 Å². The first-order valence-corrected chi connectivity index (χ1v) is 7.68. The van der Waals surface area contributed by atoms with Gasteiger partial charge in [0.1, 0.15) is 17.3 Å². The van der Waals surface area contributed by atoms with Gasteiger partial charge in [-0.25, -0.2) is 13.6 Å². The van der Waals surface area contributed by atoms with Crippen LogP contribution in [0, 0.1) is 5.82 Å². The minimum absolute atomic E-state index is 0.148. The highest BCUT2D eigenvalue weighted by atomic mass is 19.2. The molecule has 1 atom stereocenters. The van der Waals surface area contributed by atoms with E-state index in [0.717, 1.165) is 17.1 Å². The van der Waals surface area contributed by atoms with Gasteiger partial charge in [0.2, 0.25) is 6.30 Å². The van der Waals surface area contributed by atoms with E-state index in [1.807, 2.05) is 0 Å². The van der Waals surface area contributed by atoms with Crippen LogP contribution in [0.5, 0.6) is 11.5 Å². The number of carboxylic acids is 1. The Labute approximate surface area is 147 Å². The van der Waals surface area contributed by atoms with Crippen LogP contribution in [0.3, 0.4) is 0 Å². The molecule has 0 saturated heterocycles. The molecule has 1 aliphatic heterocycles. The summed E-state index contributed by atoms with van der Waals surface area (Å²) in [6.45, 7) is -0.148. The molecule has 0 fully saturated rings. The molecule has 2 aromatic carbocycles. The van der Waals surface area contributed by atoms with Gasteiger partial charge in [-0.2, -0.15) is 4.39 Å². The maximum atomic E-state index is 14.2. The molecule has 1 unspecified atom stereocenters. The number of ether oxygens (including phenoxy) is 1. The predicted molar refractivity (Wildman–Crippen MR) is 88.3 cm³/mol. The molecule has 1 N–H and O–H groups in total. The summed E-state index contributed by atoms with van der Waals surface area (Å²) in [6, 6.07) is 11.9. The first-order valence-electron chi connectivity index (χ1n) is 7.68. The maximum Gasteiger partial charge on any atom is 0.336 e. The highest BCUT2D eigenvalue weighted by Crippen LogP contribution is 2.28. The Bertz CT molecular complexity index is 861. The fourth-order valence-corrected chi connectivity index (χ4v) is 2.44. The van der Waals surface area contributed by atoms with Crippen LogP contribution in [-0.4, -0.2) is 22.3 Å². The van der Waals surface area contributed by atoms with Crippen LogP contribution < -0.4 is 4.74 Å². The molecule has 2 aromatic rings. The molecule has 3 rings (SSSR count). The van der Waals surface area contributed by atoms with Gasteiger partial charge in [0.15, 0.2) is 5.95 Å². The topological polar surface area (TPSA) is 49.8 Å². The standard InChI is InChI=1S/C19H14F3NO3/c20-13-3-7-15(8-4-13)26-14-5-1-12(2-6-14)11-23-17(21)10-9-16(18(23)22)19(24)25/h1-10,18H,11H2,(H,24,25). The molecule has 134 valence electrons. The van der Waals surface area contributed by atoms with E-state index in [1.165, 1.54) is 24.3 Å². The first kappa shape index (κ1) is 17.6. The number of carbonyl (C=O) groups is 1. The fraction of sp³-hybridized carbons (Fsp3) is 0.105. The van der Waals surface area contributed by atoms with Gasteiger partial charge < -0.3 is 14.7 Å². The number of hydrogen-bond acceptors (Lipinski definition) is 3. The summed E-state index contributed by atoms with van der Waals surface area (Å²) in [5.74, 6) is -1.74. The quantitative estimate of drug-likeness (QED) is 0.794. The maximum absolute atomic E-state index is 14.2. The summed E-state index contributed by atoms with van der Waals surface area (Å²) in [6.07, 6.45) is -0.239.